The Kier molecular flexibility index (Phi) is 5.91. The lowest BCUT2D eigenvalue weighted by Gasteiger charge is -2.11. The van der Waals surface area contributed by atoms with Gasteiger partial charge >= 0.3 is 0 Å². The highest BCUT2D eigenvalue weighted by Crippen LogP contribution is 2.19. The minimum Gasteiger partial charge on any atom is -0.298 e. The van der Waals surface area contributed by atoms with Crippen molar-refractivity contribution < 1.29 is 9.59 Å². The first-order valence-corrected chi connectivity index (χ1v) is 8.66. The standard InChI is InChI=1S/C21H17N3O2S/c25-19(17-9-5-2-6-10-17)22-21(27)24-23-20(26)18-13-11-16(12-14-18)15-7-3-1-4-8-15/h1-14H,(H,23,26)(H2,22,24,25,27). The fourth-order valence-electron chi connectivity index (χ4n) is 2.43. The third-order valence-corrected chi connectivity index (χ3v) is 4.01. The molecule has 0 saturated heterocycles. The van der Waals surface area contributed by atoms with Crippen LogP contribution in [0, 0.1) is 0 Å². The lowest BCUT2D eigenvalue weighted by Crippen LogP contribution is -2.48. The molecule has 3 rings (SSSR count). The minimum atomic E-state index is -0.356. The van der Waals surface area contributed by atoms with Gasteiger partial charge < -0.3 is 0 Å². The SMILES string of the molecule is O=C(NNC(=S)NC(=O)c1ccccc1)c1ccc(-c2ccccc2)cc1. The molecule has 6 heteroatoms. The van der Waals surface area contributed by atoms with Crippen LogP contribution in [0.3, 0.4) is 0 Å². The zero-order chi connectivity index (χ0) is 19.1. The van der Waals surface area contributed by atoms with E-state index in [2.05, 4.69) is 16.2 Å². The van der Waals surface area contributed by atoms with Crippen molar-refractivity contribution >= 4 is 29.1 Å². The second kappa shape index (κ2) is 8.73. The summed E-state index contributed by atoms with van der Waals surface area (Å²) in [6, 6.07) is 25.8. The summed E-state index contributed by atoms with van der Waals surface area (Å²) in [4.78, 5) is 24.2. The summed E-state index contributed by atoms with van der Waals surface area (Å²) in [7, 11) is 0. The Morgan fingerprint density at radius 1 is 0.593 bits per heavy atom. The quantitative estimate of drug-likeness (QED) is 0.485. The van der Waals surface area contributed by atoms with Gasteiger partial charge in [0.1, 0.15) is 0 Å². The van der Waals surface area contributed by atoms with E-state index in [1.807, 2.05) is 48.5 Å². The summed E-state index contributed by atoms with van der Waals surface area (Å²) in [6.45, 7) is 0. The van der Waals surface area contributed by atoms with E-state index in [0.717, 1.165) is 11.1 Å². The van der Waals surface area contributed by atoms with Gasteiger partial charge in [-0.15, -0.1) is 0 Å². The van der Waals surface area contributed by atoms with E-state index < -0.39 is 0 Å². The maximum Gasteiger partial charge on any atom is 0.269 e. The monoisotopic (exact) mass is 375 g/mol. The van der Waals surface area contributed by atoms with Crippen molar-refractivity contribution in [2.24, 2.45) is 0 Å². The Morgan fingerprint density at radius 3 is 1.74 bits per heavy atom. The molecular formula is C21H17N3O2S. The molecule has 0 aliphatic carbocycles. The fraction of sp³-hybridized carbons (Fsp3) is 0. The fourth-order valence-corrected chi connectivity index (χ4v) is 2.57. The molecule has 134 valence electrons. The predicted molar refractivity (Wildman–Crippen MR) is 109 cm³/mol. The van der Waals surface area contributed by atoms with Crippen LogP contribution in [0.4, 0.5) is 0 Å². The summed E-state index contributed by atoms with van der Waals surface area (Å²) in [5.74, 6) is -0.708. The maximum absolute atomic E-state index is 12.2. The molecule has 27 heavy (non-hydrogen) atoms. The molecule has 0 atom stereocenters. The van der Waals surface area contributed by atoms with Gasteiger partial charge in [-0.25, -0.2) is 0 Å². The van der Waals surface area contributed by atoms with Crippen LogP contribution in [0.15, 0.2) is 84.9 Å². The number of rotatable bonds is 3. The molecule has 0 aliphatic rings. The first-order chi connectivity index (χ1) is 13.1. The van der Waals surface area contributed by atoms with E-state index in [1.54, 1.807) is 36.4 Å². The van der Waals surface area contributed by atoms with Crippen LogP contribution in [-0.2, 0) is 0 Å². The van der Waals surface area contributed by atoms with Gasteiger partial charge in [0.2, 0.25) is 0 Å². The van der Waals surface area contributed by atoms with Crippen LogP contribution < -0.4 is 16.2 Å². The van der Waals surface area contributed by atoms with Gasteiger partial charge in [0, 0.05) is 11.1 Å². The van der Waals surface area contributed by atoms with Crippen LogP contribution in [0.2, 0.25) is 0 Å². The molecule has 0 spiro atoms. The van der Waals surface area contributed by atoms with Crippen LogP contribution in [-0.4, -0.2) is 16.9 Å². The highest BCUT2D eigenvalue weighted by atomic mass is 32.1. The van der Waals surface area contributed by atoms with Crippen molar-refractivity contribution in [2.45, 2.75) is 0 Å². The van der Waals surface area contributed by atoms with Gasteiger partial charge in [-0.3, -0.25) is 25.8 Å². The molecule has 0 radical (unpaired) electrons. The molecule has 3 aromatic carbocycles. The van der Waals surface area contributed by atoms with E-state index in [9.17, 15) is 9.59 Å². The average Bonchev–Trinajstić information content (AvgIpc) is 2.73. The van der Waals surface area contributed by atoms with Crippen LogP contribution in [0.5, 0.6) is 0 Å². The highest BCUT2D eigenvalue weighted by molar-refractivity contribution is 7.80. The lowest BCUT2D eigenvalue weighted by atomic mass is 10.0. The Morgan fingerprint density at radius 2 is 1.11 bits per heavy atom. The molecule has 3 aromatic rings. The van der Waals surface area contributed by atoms with Crippen molar-refractivity contribution in [3.8, 4) is 11.1 Å². The van der Waals surface area contributed by atoms with E-state index in [1.165, 1.54) is 0 Å². The van der Waals surface area contributed by atoms with E-state index in [0.29, 0.717) is 11.1 Å². The molecule has 3 N–H and O–H groups in total. The maximum atomic E-state index is 12.2. The topological polar surface area (TPSA) is 70.2 Å². The molecule has 5 nitrogen and oxygen atoms in total. The largest absolute Gasteiger partial charge is 0.298 e. The molecular weight excluding hydrogens is 358 g/mol. The molecule has 0 saturated carbocycles. The summed E-state index contributed by atoms with van der Waals surface area (Å²) in [6.07, 6.45) is 0. The predicted octanol–water partition coefficient (Wildman–Crippen LogP) is 3.30. The van der Waals surface area contributed by atoms with Crippen molar-refractivity contribution in [1.29, 1.82) is 0 Å². The molecule has 0 bridgehead atoms. The minimum absolute atomic E-state index is 0.0121. The highest BCUT2D eigenvalue weighted by Gasteiger charge is 2.09. The summed E-state index contributed by atoms with van der Waals surface area (Å²) < 4.78 is 0. The van der Waals surface area contributed by atoms with E-state index >= 15 is 0 Å². The zero-order valence-electron chi connectivity index (χ0n) is 14.3. The molecule has 0 heterocycles. The average molecular weight is 375 g/mol. The number of carbonyl (C=O) groups is 2. The molecule has 0 aliphatic heterocycles. The number of carbonyl (C=O) groups excluding carboxylic acids is 2. The van der Waals surface area contributed by atoms with Crippen LogP contribution in [0.25, 0.3) is 11.1 Å². The summed E-state index contributed by atoms with van der Waals surface area (Å²) >= 11 is 5.03. The number of hydrogen-bond donors (Lipinski definition) is 3. The van der Waals surface area contributed by atoms with Gasteiger partial charge in [-0.05, 0) is 47.6 Å². The first kappa shape index (κ1) is 18.3. The van der Waals surface area contributed by atoms with E-state index in [-0.39, 0.29) is 16.9 Å². The third kappa shape index (κ3) is 4.99. The smallest absolute Gasteiger partial charge is 0.269 e. The Bertz CT molecular complexity index is 942. The number of hydrazine groups is 1. The van der Waals surface area contributed by atoms with E-state index in [4.69, 9.17) is 12.2 Å². The van der Waals surface area contributed by atoms with Gasteiger partial charge in [0.05, 0.1) is 0 Å². The number of amides is 2. The number of benzene rings is 3. The van der Waals surface area contributed by atoms with Gasteiger partial charge in [0.15, 0.2) is 5.11 Å². The Labute approximate surface area is 162 Å². The Hall–Kier alpha value is -3.51. The number of nitrogens with one attached hydrogen (secondary N) is 3. The van der Waals surface area contributed by atoms with Gasteiger partial charge in [-0.1, -0.05) is 60.7 Å². The molecule has 0 unspecified atom stereocenters. The number of hydrogen-bond acceptors (Lipinski definition) is 3. The second-order valence-corrected chi connectivity index (χ2v) is 6.08. The zero-order valence-corrected chi connectivity index (χ0v) is 15.1. The van der Waals surface area contributed by atoms with Crippen molar-refractivity contribution in [1.82, 2.24) is 16.2 Å². The van der Waals surface area contributed by atoms with Gasteiger partial charge in [0.25, 0.3) is 11.8 Å². The first-order valence-electron chi connectivity index (χ1n) is 8.26. The number of thiocarbonyl (C=S) groups is 1. The summed E-state index contributed by atoms with van der Waals surface area (Å²) in [5, 5.41) is 2.51. The van der Waals surface area contributed by atoms with Crippen molar-refractivity contribution in [3.63, 3.8) is 0 Å². The van der Waals surface area contributed by atoms with Crippen LogP contribution in [0.1, 0.15) is 20.7 Å². The molecule has 2 amide bonds. The normalized spacial score (nSPS) is 9.93. The van der Waals surface area contributed by atoms with Crippen molar-refractivity contribution in [2.75, 3.05) is 0 Å². The second-order valence-electron chi connectivity index (χ2n) is 5.67. The van der Waals surface area contributed by atoms with Gasteiger partial charge in [-0.2, -0.15) is 0 Å². The van der Waals surface area contributed by atoms with Crippen molar-refractivity contribution in [3.05, 3.63) is 96.1 Å². The van der Waals surface area contributed by atoms with Crippen LogP contribution >= 0.6 is 12.2 Å². The lowest BCUT2D eigenvalue weighted by molar-refractivity contribution is 0.0934. The molecule has 0 fully saturated rings. The third-order valence-electron chi connectivity index (χ3n) is 3.81. The molecule has 0 aromatic heterocycles. The summed E-state index contributed by atoms with van der Waals surface area (Å²) in [5.41, 5.74) is 8.04. The Balaban J connectivity index is 1.53.